The lowest BCUT2D eigenvalue weighted by molar-refractivity contribution is -0.143. The van der Waals surface area contributed by atoms with E-state index in [-0.39, 0.29) is 0 Å². The number of benzene rings is 3. The number of aliphatic carboxylic acids is 1. The highest BCUT2D eigenvalue weighted by Gasteiger charge is 2.42. The van der Waals surface area contributed by atoms with Crippen molar-refractivity contribution >= 4 is 5.97 Å². The summed E-state index contributed by atoms with van der Waals surface area (Å²) >= 11 is 0. The van der Waals surface area contributed by atoms with Crippen molar-refractivity contribution in [2.45, 2.75) is 32.6 Å². The van der Waals surface area contributed by atoms with E-state index in [2.05, 4.69) is 39.0 Å². The number of carboxylic acid groups (broad SMARTS) is 1. The highest BCUT2D eigenvalue weighted by molar-refractivity contribution is 5.74. The summed E-state index contributed by atoms with van der Waals surface area (Å²) in [6, 6.07) is 26.3. The summed E-state index contributed by atoms with van der Waals surface area (Å²) in [7, 11) is 0. The lowest BCUT2D eigenvalue weighted by Gasteiger charge is -2.37. The average molecular weight is 358 g/mol. The third-order valence-corrected chi connectivity index (χ3v) is 5.46. The van der Waals surface area contributed by atoms with Gasteiger partial charge in [0.05, 0.1) is 5.92 Å². The molecule has 0 fully saturated rings. The molecule has 2 nitrogen and oxygen atoms in total. The van der Waals surface area contributed by atoms with Crippen molar-refractivity contribution in [2.24, 2.45) is 5.92 Å². The summed E-state index contributed by atoms with van der Waals surface area (Å²) in [6.07, 6.45) is 0.484. The molecule has 0 spiro atoms. The Hall–Kier alpha value is -2.87. The van der Waals surface area contributed by atoms with Crippen LogP contribution in [0.4, 0.5) is 0 Å². The first-order chi connectivity index (χ1) is 12.9. The molecule has 138 valence electrons. The van der Waals surface area contributed by atoms with Crippen LogP contribution in [0, 0.1) is 19.8 Å². The molecule has 0 bridgehead atoms. The Balaban J connectivity index is 2.14. The van der Waals surface area contributed by atoms with Gasteiger partial charge in [-0.2, -0.15) is 0 Å². The van der Waals surface area contributed by atoms with Gasteiger partial charge in [-0.15, -0.1) is 0 Å². The van der Waals surface area contributed by atoms with Gasteiger partial charge in [0, 0.05) is 5.41 Å². The molecule has 0 saturated carbocycles. The van der Waals surface area contributed by atoms with Crippen LogP contribution in [-0.4, -0.2) is 11.1 Å². The fraction of sp³-hybridized carbons (Fsp3) is 0.240. The summed E-state index contributed by atoms with van der Waals surface area (Å²) in [4.78, 5) is 12.5. The molecule has 1 atom stereocenters. The number of aryl methyl sites for hydroxylation is 2. The van der Waals surface area contributed by atoms with Gasteiger partial charge < -0.3 is 5.11 Å². The van der Waals surface area contributed by atoms with Crippen LogP contribution < -0.4 is 0 Å². The maximum absolute atomic E-state index is 12.5. The summed E-state index contributed by atoms with van der Waals surface area (Å²) in [5.41, 5.74) is 4.80. The van der Waals surface area contributed by atoms with Crippen LogP contribution in [0.5, 0.6) is 0 Å². The molecule has 3 rings (SSSR count). The second-order valence-corrected chi connectivity index (χ2v) is 7.53. The Kier molecular flexibility index (Phi) is 5.46. The molecule has 27 heavy (non-hydrogen) atoms. The van der Waals surface area contributed by atoms with Crippen molar-refractivity contribution in [3.63, 3.8) is 0 Å². The Morgan fingerprint density at radius 2 is 1.30 bits per heavy atom. The monoisotopic (exact) mass is 358 g/mol. The van der Waals surface area contributed by atoms with Crippen molar-refractivity contribution < 1.29 is 9.90 Å². The van der Waals surface area contributed by atoms with E-state index in [0.717, 1.165) is 27.8 Å². The van der Waals surface area contributed by atoms with E-state index in [0.29, 0.717) is 6.42 Å². The first kappa shape index (κ1) is 18.9. The molecule has 1 N–H and O–H groups in total. The maximum Gasteiger partial charge on any atom is 0.308 e. The molecular weight excluding hydrogens is 332 g/mol. The molecule has 3 aromatic carbocycles. The van der Waals surface area contributed by atoms with Gasteiger partial charge in [-0.1, -0.05) is 96.9 Å². The largest absolute Gasteiger partial charge is 0.481 e. The third kappa shape index (κ3) is 3.95. The van der Waals surface area contributed by atoms with Crippen LogP contribution in [0.25, 0.3) is 0 Å². The van der Waals surface area contributed by atoms with Gasteiger partial charge in [0.2, 0.25) is 0 Å². The molecule has 0 radical (unpaired) electrons. The molecule has 0 amide bonds. The van der Waals surface area contributed by atoms with Crippen LogP contribution >= 0.6 is 0 Å². The third-order valence-electron chi connectivity index (χ3n) is 5.46. The molecule has 1 unspecified atom stereocenters. The van der Waals surface area contributed by atoms with Crippen LogP contribution in [0.1, 0.15) is 34.7 Å². The normalized spacial score (nSPS) is 12.6. The standard InChI is InChI=1S/C25H26O2/c1-18-14-19(2)16-20(15-18)17-23(24(26)27)25(3,21-10-6-4-7-11-21)22-12-8-5-9-13-22/h4-16,23H,17H2,1-3H3,(H,26,27). The highest BCUT2D eigenvalue weighted by atomic mass is 16.4. The van der Waals surface area contributed by atoms with Gasteiger partial charge in [-0.05, 0) is 37.0 Å². The van der Waals surface area contributed by atoms with E-state index in [9.17, 15) is 9.90 Å². The number of hydrogen-bond acceptors (Lipinski definition) is 1. The van der Waals surface area contributed by atoms with Gasteiger partial charge >= 0.3 is 5.97 Å². The summed E-state index contributed by atoms with van der Waals surface area (Å²) < 4.78 is 0. The topological polar surface area (TPSA) is 37.3 Å². The molecule has 0 aromatic heterocycles. The van der Waals surface area contributed by atoms with Crippen molar-refractivity contribution in [1.29, 1.82) is 0 Å². The van der Waals surface area contributed by atoms with Crippen LogP contribution in [0.2, 0.25) is 0 Å². The Bertz CT molecular complexity index is 854. The smallest absolute Gasteiger partial charge is 0.308 e. The predicted molar refractivity (Wildman–Crippen MR) is 110 cm³/mol. The molecule has 0 aliphatic carbocycles. The first-order valence-corrected chi connectivity index (χ1v) is 9.32. The number of hydrogen-bond donors (Lipinski definition) is 1. The van der Waals surface area contributed by atoms with Crippen molar-refractivity contribution in [2.75, 3.05) is 0 Å². The zero-order valence-corrected chi connectivity index (χ0v) is 16.1. The fourth-order valence-electron chi connectivity index (χ4n) is 4.10. The zero-order chi connectivity index (χ0) is 19.4. The highest BCUT2D eigenvalue weighted by Crippen LogP contribution is 2.41. The molecule has 0 aliphatic heterocycles. The quantitative estimate of drug-likeness (QED) is 0.627. The lowest BCUT2D eigenvalue weighted by atomic mass is 9.65. The second-order valence-electron chi connectivity index (χ2n) is 7.53. The molecule has 0 saturated heterocycles. The predicted octanol–water partition coefficient (Wildman–Crippen LogP) is 5.55. The van der Waals surface area contributed by atoms with Crippen LogP contribution in [0.15, 0.2) is 78.9 Å². The average Bonchev–Trinajstić information content (AvgIpc) is 2.66. The Morgan fingerprint density at radius 3 is 1.70 bits per heavy atom. The van der Waals surface area contributed by atoms with E-state index in [1.165, 1.54) is 0 Å². The SMILES string of the molecule is Cc1cc(C)cc(CC(C(=O)O)C(C)(c2ccccc2)c2ccccc2)c1. The van der Waals surface area contributed by atoms with Crippen molar-refractivity contribution in [3.8, 4) is 0 Å². The fourth-order valence-corrected chi connectivity index (χ4v) is 4.10. The second kappa shape index (κ2) is 7.79. The number of carbonyl (C=O) groups is 1. The van der Waals surface area contributed by atoms with Gasteiger partial charge in [0.1, 0.15) is 0 Å². The van der Waals surface area contributed by atoms with Gasteiger partial charge in [0.15, 0.2) is 0 Å². The van der Waals surface area contributed by atoms with E-state index in [1.54, 1.807) is 0 Å². The molecule has 0 aliphatic rings. The van der Waals surface area contributed by atoms with E-state index < -0.39 is 17.3 Å². The van der Waals surface area contributed by atoms with Gasteiger partial charge in [-0.25, -0.2) is 0 Å². The number of rotatable bonds is 6. The van der Waals surface area contributed by atoms with Gasteiger partial charge in [-0.3, -0.25) is 4.79 Å². The summed E-state index contributed by atoms with van der Waals surface area (Å²) in [5.74, 6) is -1.35. The molecule has 3 aromatic rings. The Morgan fingerprint density at radius 1 is 0.852 bits per heavy atom. The number of carboxylic acids is 1. The summed E-state index contributed by atoms with van der Waals surface area (Å²) in [6.45, 7) is 6.17. The zero-order valence-electron chi connectivity index (χ0n) is 16.1. The minimum Gasteiger partial charge on any atom is -0.481 e. The minimum atomic E-state index is -0.774. The minimum absolute atomic E-state index is 0.484. The molecule has 0 heterocycles. The summed E-state index contributed by atoms with van der Waals surface area (Å²) in [5, 5.41) is 10.2. The maximum atomic E-state index is 12.5. The van der Waals surface area contributed by atoms with Crippen LogP contribution in [-0.2, 0) is 16.6 Å². The van der Waals surface area contributed by atoms with Crippen molar-refractivity contribution in [3.05, 3.63) is 107 Å². The Labute approximate surface area is 161 Å². The van der Waals surface area contributed by atoms with Gasteiger partial charge in [0.25, 0.3) is 0 Å². The first-order valence-electron chi connectivity index (χ1n) is 9.32. The molecule has 2 heteroatoms. The molecular formula is C25H26O2. The van der Waals surface area contributed by atoms with Crippen molar-refractivity contribution in [1.82, 2.24) is 0 Å². The van der Waals surface area contributed by atoms with Crippen LogP contribution in [0.3, 0.4) is 0 Å². The lowest BCUT2D eigenvalue weighted by Crippen LogP contribution is -2.40. The van der Waals surface area contributed by atoms with E-state index >= 15 is 0 Å². The van der Waals surface area contributed by atoms with E-state index in [1.807, 2.05) is 60.7 Å². The van der Waals surface area contributed by atoms with E-state index in [4.69, 9.17) is 0 Å².